The van der Waals surface area contributed by atoms with Crippen LogP contribution in [0.4, 0.5) is 0 Å². The number of rotatable bonds is 5. The zero-order chi connectivity index (χ0) is 14.7. The summed E-state index contributed by atoms with van der Waals surface area (Å²) in [5.41, 5.74) is 1.52. The van der Waals surface area contributed by atoms with Crippen LogP contribution in [0.3, 0.4) is 0 Å². The van der Waals surface area contributed by atoms with E-state index >= 15 is 0 Å². The second-order valence-electron chi connectivity index (χ2n) is 4.29. The fourth-order valence-electron chi connectivity index (χ4n) is 2.21. The van der Waals surface area contributed by atoms with Crippen molar-refractivity contribution >= 4 is 28.6 Å². The van der Waals surface area contributed by atoms with Crippen LogP contribution in [0.2, 0.25) is 0 Å². The van der Waals surface area contributed by atoms with Gasteiger partial charge in [-0.3, -0.25) is 0 Å². The van der Waals surface area contributed by atoms with Gasteiger partial charge in [-0.1, -0.05) is 6.07 Å². The Kier molecular flexibility index (Phi) is 4.49. The molecule has 6 heteroatoms. The van der Waals surface area contributed by atoms with E-state index < -0.39 is 6.04 Å². The number of esters is 1. The molecule has 0 saturated heterocycles. The Morgan fingerprint density at radius 3 is 2.85 bits per heavy atom. The molecule has 20 heavy (non-hydrogen) atoms. The Hall–Kier alpha value is -1.75. The number of methoxy groups -OCH3 is 1. The first-order valence-electron chi connectivity index (χ1n) is 6.40. The lowest BCUT2D eigenvalue weighted by molar-refractivity contribution is -0.143. The predicted octanol–water partition coefficient (Wildman–Crippen LogP) is 2.91. The van der Waals surface area contributed by atoms with Crippen molar-refractivity contribution in [3.05, 3.63) is 24.0 Å². The molecule has 0 aliphatic rings. The van der Waals surface area contributed by atoms with E-state index in [-0.39, 0.29) is 11.8 Å². The summed E-state index contributed by atoms with van der Waals surface area (Å²) in [5.74, 6) is 1.18. The molecule has 1 aromatic carbocycles. The average Bonchev–Trinajstić information content (AvgIpc) is 2.85. The highest BCUT2D eigenvalue weighted by Gasteiger charge is 2.22. The molecule has 1 aromatic heterocycles. The van der Waals surface area contributed by atoms with Crippen LogP contribution < -0.4 is 4.74 Å². The molecule has 1 heterocycles. The summed E-state index contributed by atoms with van der Waals surface area (Å²) in [7, 11) is 1.37. The third-order valence-electron chi connectivity index (χ3n) is 3.11. The lowest BCUT2D eigenvalue weighted by Gasteiger charge is -2.14. The maximum absolute atomic E-state index is 11.8. The number of hydrogen-bond donors (Lipinski definition) is 0. The molecular formula is C14H17ClN2O3. The van der Waals surface area contributed by atoms with Gasteiger partial charge in [0.05, 0.1) is 25.1 Å². The van der Waals surface area contributed by atoms with Crippen LogP contribution in [0, 0.1) is 0 Å². The molecule has 1 unspecified atom stereocenters. The molecule has 0 aliphatic heterocycles. The van der Waals surface area contributed by atoms with Crippen LogP contribution in [0.25, 0.3) is 11.0 Å². The van der Waals surface area contributed by atoms with E-state index in [1.54, 1.807) is 11.5 Å². The summed E-state index contributed by atoms with van der Waals surface area (Å²) in [4.78, 5) is 16.3. The first-order valence-corrected chi connectivity index (χ1v) is 6.93. The number of aromatic nitrogens is 2. The van der Waals surface area contributed by atoms with Crippen molar-refractivity contribution in [2.75, 3.05) is 13.7 Å². The number of benzene rings is 1. The molecule has 0 fully saturated rings. The summed E-state index contributed by atoms with van der Waals surface area (Å²) in [6, 6.07) is 5.12. The number of carbonyl (C=O) groups is 1. The van der Waals surface area contributed by atoms with Gasteiger partial charge in [0, 0.05) is 0 Å². The summed E-state index contributed by atoms with van der Waals surface area (Å²) >= 11 is 5.95. The van der Waals surface area contributed by atoms with Gasteiger partial charge < -0.3 is 14.0 Å². The van der Waals surface area contributed by atoms with Crippen molar-refractivity contribution in [3.8, 4) is 5.75 Å². The molecule has 0 amide bonds. The fourth-order valence-corrected chi connectivity index (χ4v) is 2.40. The van der Waals surface area contributed by atoms with Gasteiger partial charge in [0.2, 0.25) is 0 Å². The second kappa shape index (κ2) is 6.13. The number of carbonyl (C=O) groups excluding carboxylic acids is 1. The van der Waals surface area contributed by atoms with Crippen LogP contribution >= 0.6 is 11.6 Å². The van der Waals surface area contributed by atoms with Crippen molar-refractivity contribution in [2.45, 2.75) is 25.8 Å². The summed E-state index contributed by atoms with van der Waals surface area (Å²) in [6.07, 6.45) is 0. The molecule has 0 radical (unpaired) electrons. The molecule has 0 aliphatic carbocycles. The molecule has 0 N–H and O–H groups in total. The van der Waals surface area contributed by atoms with E-state index in [4.69, 9.17) is 21.1 Å². The zero-order valence-electron chi connectivity index (χ0n) is 11.7. The van der Waals surface area contributed by atoms with E-state index in [2.05, 4.69) is 4.98 Å². The fraction of sp³-hybridized carbons (Fsp3) is 0.429. The molecule has 0 bridgehead atoms. The Labute approximate surface area is 122 Å². The van der Waals surface area contributed by atoms with E-state index in [9.17, 15) is 4.79 Å². The largest absolute Gasteiger partial charge is 0.492 e. The van der Waals surface area contributed by atoms with Crippen molar-refractivity contribution < 1.29 is 14.3 Å². The summed E-state index contributed by atoms with van der Waals surface area (Å²) < 4.78 is 12.2. The van der Waals surface area contributed by atoms with E-state index in [0.29, 0.717) is 23.7 Å². The quantitative estimate of drug-likeness (QED) is 0.629. The molecular weight excluding hydrogens is 280 g/mol. The molecule has 108 valence electrons. The SMILES string of the molecule is CCOc1cccc2c1nc(CCl)n2C(C)C(=O)OC. The zero-order valence-corrected chi connectivity index (χ0v) is 12.5. The van der Waals surface area contributed by atoms with Gasteiger partial charge in [-0.25, -0.2) is 9.78 Å². The average molecular weight is 297 g/mol. The van der Waals surface area contributed by atoms with E-state index in [0.717, 1.165) is 5.52 Å². The van der Waals surface area contributed by atoms with Gasteiger partial charge in [-0.05, 0) is 26.0 Å². The standard InChI is InChI=1S/C14H17ClN2O3/c1-4-20-11-7-5-6-10-13(11)16-12(8-15)17(10)9(2)14(18)19-3/h5-7,9H,4,8H2,1-3H3. The third kappa shape index (κ3) is 2.45. The third-order valence-corrected chi connectivity index (χ3v) is 3.34. The highest BCUT2D eigenvalue weighted by Crippen LogP contribution is 2.29. The van der Waals surface area contributed by atoms with Crippen LogP contribution in [0.1, 0.15) is 25.7 Å². The van der Waals surface area contributed by atoms with Crippen molar-refractivity contribution in [1.29, 1.82) is 0 Å². The van der Waals surface area contributed by atoms with Crippen LogP contribution in [-0.4, -0.2) is 29.2 Å². The molecule has 0 spiro atoms. The molecule has 0 saturated carbocycles. The van der Waals surface area contributed by atoms with Crippen molar-refractivity contribution in [2.24, 2.45) is 0 Å². The van der Waals surface area contributed by atoms with E-state index in [1.165, 1.54) is 7.11 Å². The monoisotopic (exact) mass is 296 g/mol. The Bertz CT molecular complexity index is 624. The Morgan fingerprint density at radius 1 is 1.50 bits per heavy atom. The van der Waals surface area contributed by atoms with Gasteiger partial charge >= 0.3 is 5.97 Å². The maximum atomic E-state index is 11.8. The van der Waals surface area contributed by atoms with Crippen LogP contribution in [0.15, 0.2) is 18.2 Å². The topological polar surface area (TPSA) is 53.4 Å². The second-order valence-corrected chi connectivity index (χ2v) is 4.55. The molecule has 2 rings (SSSR count). The van der Waals surface area contributed by atoms with Gasteiger partial charge in [0.25, 0.3) is 0 Å². The number of ether oxygens (including phenoxy) is 2. The Morgan fingerprint density at radius 2 is 2.25 bits per heavy atom. The van der Waals surface area contributed by atoms with Gasteiger partial charge in [-0.15, -0.1) is 11.6 Å². The number of halogens is 1. The molecule has 1 atom stereocenters. The minimum atomic E-state index is -0.490. The number of imidazole rings is 1. The lowest BCUT2D eigenvalue weighted by Crippen LogP contribution is -2.19. The van der Waals surface area contributed by atoms with Gasteiger partial charge in [0.1, 0.15) is 23.1 Å². The minimum Gasteiger partial charge on any atom is -0.492 e. The minimum absolute atomic E-state index is 0.210. The first kappa shape index (κ1) is 14.7. The number of para-hydroxylation sites is 1. The highest BCUT2D eigenvalue weighted by molar-refractivity contribution is 6.17. The maximum Gasteiger partial charge on any atom is 0.328 e. The van der Waals surface area contributed by atoms with Gasteiger partial charge in [0.15, 0.2) is 0 Å². The summed E-state index contributed by atoms with van der Waals surface area (Å²) in [6.45, 7) is 4.22. The lowest BCUT2D eigenvalue weighted by atomic mass is 10.2. The van der Waals surface area contributed by atoms with E-state index in [1.807, 2.05) is 25.1 Å². The van der Waals surface area contributed by atoms with Crippen LogP contribution in [-0.2, 0) is 15.4 Å². The Balaban J connectivity index is 2.63. The number of hydrogen-bond acceptors (Lipinski definition) is 4. The molecule has 5 nitrogen and oxygen atoms in total. The number of alkyl halides is 1. The van der Waals surface area contributed by atoms with Crippen molar-refractivity contribution in [3.63, 3.8) is 0 Å². The summed E-state index contributed by atoms with van der Waals surface area (Å²) in [5, 5.41) is 0. The smallest absolute Gasteiger partial charge is 0.328 e. The molecule has 2 aromatic rings. The number of fused-ring (bicyclic) bond motifs is 1. The highest BCUT2D eigenvalue weighted by atomic mass is 35.5. The first-order chi connectivity index (χ1) is 9.63. The van der Waals surface area contributed by atoms with Gasteiger partial charge in [-0.2, -0.15) is 0 Å². The number of nitrogens with zero attached hydrogens (tertiary/aromatic N) is 2. The van der Waals surface area contributed by atoms with Crippen molar-refractivity contribution in [1.82, 2.24) is 9.55 Å². The predicted molar refractivity (Wildman–Crippen MR) is 77.2 cm³/mol. The van der Waals surface area contributed by atoms with Crippen LogP contribution in [0.5, 0.6) is 5.75 Å². The normalized spacial score (nSPS) is 12.4.